The van der Waals surface area contributed by atoms with Crippen molar-refractivity contribution in [1.82, 2.24) is 20.2 Å². The molecule has 2 aromatic rings. The molecule has 1 heterocycles. The van der Waals surface area contributed by atoms with E-state index in [1.807, 2.05) is 12.1 Å². The first-order valence-electron chi connectivity index (χ1n) is 6.31. The standard InChI is InChI=1S/C13H14N4O2/c18-12(19)8-17-13(14-15-16-17)11-7-3-5-9-4-1-2-6-10(9)11/h1-2,4,6,11H,3,5,7-8H2,(H,18,19). The van der Waals surface area contributed by atoms with Crippen molar-refractivity contribution in [2.75, 3.05) is 0 Å². The van der Waals surface area contributed by atoms with E-state index in [1.54, 1.807) is 0 Å². The van der Waals surface area contributed by atoms with E-state index >= 15 is 0 Å². The summed E-state index contributed by atoms with van der Waals surface area (Å²) in [5.74, 6) is -0.188. The Bertz CT molecular complexity index is 608. The van der Waals surface area contributed by atoms with Gasteiger partial charge in [-0.15, -0.1) is 5.10 Å². The monoisotopic (exact) mass is 258 g/mol. The van der Waals surface area contributed by atoms with Crippen LogP contribution in [-0.2, 0) is 17.8 Å². The maximum absolute atomic E-state index is 10.8. The van der Waals surface area contributed by atoms with Gasteiger partial charge >= 0.3 is 5.97 Å². The van der Waals surface area contributed by atoms with Gasteiger partial charge in [-0.2, -0.15) is 0 Å². The van der Waals surface area contributed by atoms with Crippen LogP contribution in [-0.4, -0.2) is 31.3 Å². The second kappa shape index (κ2) is 4.79. The number of carboxylic acids is 1. The van der Waals surface area contributed by atoms with E-state index in [0.29, 0.717) is 5.82 Å². The molecule has 1 atom stereocenters. The van der Waals surface area contributed by atoms with Crippen LogP contribution in [0.1, 0.15) is 35.7 Å². The normalized spacial score (nSPS) is 18.0. The highest BCUT2D eigenvalue weighted by molar-refractivity contribution is 5.66. The van der Waals surface area contributed by atoms with Gasteiger partial charge in [0.2, 0.25) is 0 Å². The molecule has 1 aromatic carbocycles. The van der Waals surface area contributed by atoms with Crippen LogP contribution in [0.15, 0.2) is 24.3 Å². The average Bonchev–Trinajstić information content (AvgIpc) is 2.85. The number of carboxylic acid groups (broad SMARTS) is 1. The summed E-state index contributed by atoms with van der Waals surface area (Å²) in [4.78, 5) is 10.8. The summed E-state index contributed by atoms with van der Waals surface area (Å²) in [7, 11) is 0. The lowest BCUT2D eigenvalue weighted by Crippen LogP contribution is -2.19. The molecule has 0 amide bonds. The Balaban J connectivity index is 2.00. The molecule has 6 nitrogen and oxygen atoms in total. The molecule has 0 radical (unpaired) electrons. The first kappa shape index (κ1) is 11.8. The van der Waals surface area contributed by atoms with E-state index in [1.165, 1.54) is 15.8 Å². The van der Waals surface area contributed by atoms with Crippen LogP contribution in [0.3, 0.4) is 0 Å². The van der Waals surface area contributed by atoms with E-state index in [2.05, 4.69) is 27.7 Å². The van der Waals surface area contributed by atoms with Gasteiger partial charge in [0.05, 0.1) is 0 Å². The molecule has 19 heavy (non-hydrogen) atoms. The van der Waals surface area contributed by atoms with Crippen molar-refractivity contribution in [2.45, 2.75) is 31.7 Å². The first-order chi connectivity index (χ1) is 9.25. The third kappa shape index (κ3) is 2.21. The van der Waals surface area contributed by atoms with Crippen molar-refractivity contribution in [2.24, 2.45) is 0 Å². The van der Waals surface area contributed by atoms with Crippen molar-refractivity contribution in [1.29, 1.82) is 0 Å². The van der Waals surface area contributed by atoms with Crippen LogP contribution in [0, 0.1) is 0 Å². The minimum atomic E-state index is -0.933. The molecule has 1 N–H and O–H groups in total. The van der Waals surface area contributed by atoms with Gasteiger partial charge in [0.25, 0.3) is 0 Å². The van der Waals surface area contributed by atoms with Gasteiger partial charge in [-0.3, -0.25) is 4.79 Å². The zero-order valence-electron chi connectivity index (χ0n) is 10.4. The fourth-order valence-corrected chi connectivity index (χ4v) is 2.72. The van der Waals surface area contributed by atoms with Gasteiger partial charge in [-0.1, -0.05) is 24.3 Å². The summed E-state index contributed by atoms with van der Waals surface area (Å²) in [5.41, 5.74) is 2.53. The Morgan fingerprint density at radius 3 is 3.11 bits per heavy atom. The van der Waals surface area contributed by atoms with Gasteiger partial charge in [0.1, 0.15) is 6.54 Å². The van der Waals surface area contributed by atoms with E-state index in [9.17, 15) is 4.79 Å². The maximum Gasteiger partial charge on any atom is 0.325 e. The summed E-state index contributed by atoms with van der Waals surface area (Å²) in [6.45, 7) is -0.193. The second-order valence-electron chi connectivity index (χ2n) is 4.73. The third-order valence-corrected chi connectivity index (χ3v) is 3.53. The van der Waals surface area contributed by atoms with Crippen LogP contribution in [0.5, 0.6) is 0 Å². The number of fused-ring (bicyclic) bond motifs is 1. The molecule has 0 saturated heterocycles. The molecule has 0 fully saturated rings. The van der Waals surface area contributed by atoms with Crippen molar-refractivity contribution < 1.29 is 9.90 Å². The lowest BCUT2D eigenvalue weighted by molar-refractivity contribution is -0.138. The molecule has 1 aromatic heterocycles. The SMILES string of the molecule is O=C(O)Cn1nnnc1C1CCCc2ccccc21. The molecule has 3 rings (SSSR count). The zero-order valence-corrected chi connectivity index (χ0v) is 10.4. The maximum atomic E-state index is 10.8. The minimum absolute atomic E-state index is 0.0966. The Morgan fingerprint density at radius 1 is 1.42 bits per heavy atom. The summed E-state index contributed by atoms with van der Waals surface area (Å²) in [5, 5.41) is 20.3. The predicted octanol–water partition coefficient (Wildman–Crippen LogP) is 1.23. The number of hydrogen-bond donors (Lipinski definition) is 1. The highest BCUT2D eigenvalue weighted by atomic mass is 16.4. The Hall–Kier alpha value is -2.24. The number of benzene rings is 1. The van der Waals surface area contributed by atoms with Crippen molar-refractivity contribution in [3.05, 3.63) is 41.2 Å². The summed E-state index contributed by atoms with van der Waals surface area (Å²) in [6, 6.07) is 8.23. The Labute approximate surface area is 110 Å². The number of tetrazole rings is 1. The van der Waals surface area contributed by atoms with Gasteiger partial charge in [0.15, 0.2) is 5.82 Å². The highest BCUT2D eigenvalue weighted by Crippen LogP contribution is 2.35. The average molecular weight is 258 g/mol. The first-order valence-corrected chi connectivity index (χ1v) is 6.31. The lowest BCUT2D eigenvalue weighted by Gasteiger charge is -2.24. The molecule has 1 aliphatic carbocycles. The van der Waals surface area contributed by atoms with Crippen molar-refractivity contribution in [3.8, 4) is 0 Å². The molecule has 0 aliphatic heterocycles. The van der Waals surface area contributed by atoms with E-state index in [4.69, 9.17) is 5.11 Å². The van der Waals surface area contributed by atoms with E-state index < -0.39 is 5.97 Å². The number of hydrogen-bond acceptors (Lipinski definition) is 4. The Kier molecular flexibility index (Phi) is 2.98. The quantitative estimate of drug-likeness (QED) is 0.895. The van der Waals surface area contributed by atoms with Gasteiger partial charge in [0, 0.05) is 5.92 Å². The van der Waals surface area contributed by atoms with Gasteiger partial charge in [-0.25, -0.2) is 4.68 Å². The topological polar surface area (TPSA) is 80.9 Å². The van der Waals surface area contributed by atoms with Crippen LogP contribution in [0.25, 0.3) is 0 Å². The number of aromatic nitrogens is 4. The molecule has 1 aliphatic rings. The summed E-state index contributed by atoms with van der Waals surface area (Å²) in [6.07, 6.45) is 3.09. The van der Waals surface area contributed by atoms with Crippen molar-refractivity contribution >= 4 is 5.97 Å². The summed E-state index contributed by atoms with van der Waals surface area (Å²) >= 11 is 0. The number of carbonyl (C=O) groups is 1. The smallest absolute Gasteiger partial charge is 0.325 e. The van der Waals surface area contributed by atoms with Gasteiger partial charge in [-0.05, 0) is 40.8 Å². The van der Waals surface area contributed by atoms with Crippen LogP contribution in [0.2, 0.25) is 0 Å². The predicted molar refractivity (Wildman–Crippen MR) is 66.7 cm³/mol. The minimum Gasteiger partial charge on any atom is -0.480 e. The number of rotatable bonds is 3. The fourth-order valence-electron chi connectivity index (χ4n) is 2.72. The lowest BCUT2D eigenvalue weighted by atomic mass is 9.82. The van der Waals surface area contributed by atoms with E-state index in [-0.39, 0.29) is 12.5 Å². The molecule has 98 valence electrons. The molecule has 1 unspecified atom stereocenters. The van der Waals surface area contributed by atoms with E-state index in [0.717, 1.165) is 19.3 Å². The molecular formula is C13H14N4O2. The van der Waals surface area contributed by atoms with Crippen LogP contribution >= 0.6 is 0 Å². The van der Waals surface area contributed by atoms with Crippen LogP contribution in [0.4, 0.5) is 0 Å². The molecule has 0 bridgehead atoms. The Morgan fingerprint density at radius 2 is 2.26 bits per heavy atom. The van der Waals surface area contributed by atoms with Gasteiger partial charge < -0.3 is 5.11 Å². The number of nitrogens with zero attached hydrogens (tertiary/aromatic N) is 4. The zero-order chi connectivity index (χ0) is 13.2. The molecule has 0 spiro atoms. The molecule has 0 saturated carbocycles. The largest absolute Gasteiger partial charge is 0.480 e. The molecule has 6 heteroatoms. The summed E-state index contributed by atoms with van der Waals surface area (Å²) < 4.78 is 1.38. The van der Waals surface area contributed by atoms with Crippen LogP contribution < -0.4 is 0 Å². The van der Waals surface area contributed by atoms with Crippen molar-refractivity contribution in [3.63, 3.8) is 0 Å². The highest BCUT2D eigenvalue weighted by Gasteiger charge is 2.26. The third-order valence-electron chi connectivity index (χ3n) is 3.53. The number of aryl methyl sites for hydroxylation is 1. The number of aliphatic carboxylic acids is 1. The molecular weight excluding hydrogens is 244 g/mol. The second-order valence-corrected chi connectivity index (χ2v) is 4.73. The fraction of sp³-hybridized carbons (Fsp3) is 0.385.